The van der Waals surface area contributed by atoms with Gasteiger partial charge in [-0.25, -0.2) is 9.79 Å². The summed E-state index contributed by atoms with van der Waals surface area (Å²) in [6.45, 7) is 2.73. The van der Waals surface area contributed by atoms with Gasteiger partial charge in [0.1, 0.15) is 5.69 Å². The summed E-state index contributed by atoms with van der Waals surface area (Å²) in [7, 11) is 0. The van der Waals surface area contributed by atoms with Crippen LogP contribution in [0.2, 0.25) is 0 Å². The predicted molar refractivity (Wildman–Crippen MR) is 131 cm³/mol. The Hall–Kier alpha value is -4.15. The molecule has 35 heavy (non-hydrogen) atoms. The highest BCUT2D eigenvalue weighted by Gasteiger charge is 2.21. The van der Waals surface area contributed by atoms with Crippen LogP contribution >= 0.6 is 0 Å². The minimum atomic E-state index is -0.487. The smallest absolute Gasteiger partial charge is 0.326 e. The van der Waals surface area contributed by atoms with Crippen molar-refractivity contribution in [3.63, 3.8) is 0 Å². The lowest BCUT2D eigenvalue weighted by molar-refractivity contribution is 0.454. The number of hydrogen-bond acceptors (Lipinski definition) is 8. The number of piperidine rings is 1. The van der Waals surface area contributed by atoms with E-state index < -0.39 is 5.69 Å². The van der Waals surface area contributed by atoms with Crippen LogP contribution in [0.25, 0.3) is 11.7 Å². The van der Waals surface area contributed by atoms with Crippen molar-refractivity contribution in [3.8, 4) is 5.88 Å². The molecule has 1 saturated carbocycles. The first-order chi connectivity index (χ1) is 17.1. The molecule has 2 fully saturated rings. The van der Waals surface area contributed by atoms with E-state index in [1.54, 1.807) is 16.8 Å². The van der Waals surface area contributed by atoms with E-state index in [0.29, 0.717) is 29.0 Å². The highest BCUT2D eigenvalue weighted by atomic mass is 16.3. The molecule has 1 saturated heterocycles. The van der Waals surface area contributed by atoms with Crippen LogP contribution in [0.15, 0.2) is 40.2 Å². The van der Waals surface area contributed by atoms with Gasteiger partial charge in [0.05, 0.1) is 12.2 Å². The van der Waals surface area contributed by atoms with Crippen molar-refractivity contribution in [2.24, 2.45) is 4.99 Å². The first kappa shape index (κ1) is 21.4. The van der Waals surface area contributed by atoms with E-state index in [4.69, 9.17) is 9.98 Å². The molecule has 4 heterocycles. The zero-order chi connectivity index (χ0) is 23.8. The van der Waals surface area contributed by atoms with Crippen LogP contribution in [0.3, 0.4) is 0 Å². The SMILES string of the molecule is O=c1[nH]c(O)c(/C=c2\cnn3c(=NC4CC4)nc(NCc4ccccc4N4CCCCC4)nc23)[nH]1. The van der Waals surface area contributed by atoms with Gasteiger partial charge in [-0.15, -0.1) is 0 Å². The average Bonchev–Trinajstić information content (AvgIpc) is 3.51. The Morgan fingerprint density at radius 3 is 2.74 bits per heavy atom. The quantitative estimate of drug-likeness (QED) is 0.328. The summed E-state index contributed by atoms with van der Waals surface area (Å²) >= 11 is 0. The van der Waals surface area contributed by atoms with Crippen molar-refractivity contribution in [2.75, 3.05) is 23.3 Å². The van der Waals surface area contributed by atoms with Crippen molar-refractivity contribution in [2.45, 2.75) is 44.7 Å². The molecule has 0 bridgehead atoms. The highest BCUT2D eigenvalue weighted by molar-refractivity contribution is 5.58. The third-order valence-corrected chi connectivity index (χ3v) is 6.38. The van der Waals surface area contributed by atoms with Crippen LogP contribution in [0.4, 0.5) is 11.6 Å². The van der Waals surface area contributed by atoms with E-state index in [1.165, 1.54) is 30.5 Å². The molecule has 2 aliphatic rings. The van der Waals surface area contributed by atoms with E-state index in [9.17, 15) is 9.90 Å². The van der Waals surface area contributed by atoms with Crippen molar-refractivity contribution >= 4 is 23.4 Å². The van der Waals surface area contributed by atoms with Crippen LogP contribution in [-0.4, -0.2) is 53.8 Å². The number of nitrogens with one attached hydrogen (secondary N) is 3. The van der Waals surface area contributed by atoms with E-state index in [-0.39, 0.29) is 17.6 Å². The van der Waals surface area contributed by atoms with Crippen molar-refractivity contribution in [1.29, 1.82) is 0 Å². The Morgan fingerprint density at radius 2 is 1.97 bits per heavy atom. The fourth-order valence-electron chi connectivity index (χ4n) is 4.44. The number of nitrogens with zero attached hydrogens (tertiary/aromatic N) is 6. The van der Waals surface area contributed by atoms with Crippen molar-refractivity contribution in [3.05, 3.63) is 63.0 Å². The molecule has 4 N–H and O–H groups in total. The molecule has 0 amide bonds. The van der Waals surface area contributed by atoms with Gasteiger partial charge in [-0.05, 0) is 49.8 Å². The number of aromatic amines is 2. The molecule has 0 radical (unpaired) electrons. The summed E-state index contributed by atoms with van der Waals surface area (Å²) in [5.41, 5.74) is 3.22. The molecule has 11 nitrogen and oxygen atoms in total. The van der Waals surface area contributed by atoms with Crippen LogP contribution in [0.1, 0.15) is 43.4 Å². The van der Waals surface area contributed by atoms with Crippen molar-refractivity contribution in [1.82, 2.24) is 29.5 Å². The molecule has 1 aliphatic heterocycles. The maximum Gasteiger partial charge on any atom is 0.326 e. The van der Waals surface area contributed by atoms with E-state index >= 15 is 0 Å². The summed E-state index contributed by atoms with van der Waals surface area (Å²) in [6.07, 6.45) is 9.05. The zero-order valence-electron chi connectivity index (χ0n) is 19.2. The maximum atomic E-state index is 11.5. The van der Waals surface area contributed by atoms with Gasteiger partial charge in [0.15, 0.2) is 5.65 Å². The van der Waals surface area contributed by atoms with Crippen molar-refractivity contribution < 1.29 is 5.11 Å². The summed E-state index contributed by atoms with van der Waals surface area (Å²) in [5.74, 6) is 0.214. The summed E-state index contributed by atoms with van der Waals surface area (Å²) in [5, 5.41) is 18.4. The third kappa shape index (κ3) is 4.48. The lowest BCUT2D eigenvalue weighted by atomic mass is 10.1. The highest BCUT2D eigenvalue weighted by Crippen LogP contribution is 2.25. The minimum Gasteiger partial charge on any atom is -0.493 e. The van der Waals surface area contributed by atoms with Gasteiger partial charge >= 0.3 is 5.69 Å². The molecule has 4 aromatic rings. The fourth-order valence-corrected chi connectivity index (χ4v) is 4.44. The lowest BCUT2D eigenvalue weighted by Gasteiger charge is -2.30. The van der Waals surface area contributed by atoms with Gasteiger partial charge in [0.2, 0.25) is 11.8 Å². The number of fused-ring (bicyclic) bond motifs is 1. The second kappa shape index (κ2) is 8.90. The topological polar surface area (TPSA) is 140 Å². The molecule has 1 aromatic carbocycles. The van der Waals surface area contributed by atoms with Crippen LogP contribution in [-0.2, 0) is 6.54 Å². The fraction of sp³-hybridized carbons (Fsp3) is 0.375. The van der Waals surface area contributed by atoms with Gasteiger partial charge < -0.3 is 20.3 Å². The number of benzene rings is 1. The molecule has 0 unspecified atom stereocenters. The second-order valence-electron chi connectivity index (χ2n) is 9.06. The first-order valence-corrected chi connectivity index (χ1v) is 12.0. The third-order valence-electron chi connectivity index (χ3n) is 6.38. The number of para-hydroxylation sites is 1. The molecule has 3 aromatic heterocycles. The summed E-state index contributed by atoms with van der Waals surface area (Å²) in [4.78, 5) is 32.9. The minimum absolute atomic E-state index is 0.237. The summed E-state index contributed by atoms with van der Waals surface area (Å²) < 4.78 is 1.60. The molecule has 1 aliphatic carbocycles. The number of imidazole rings is 1. The molecule has 0 spiro atoms. The molecule has 180 valence electrons. The number of anilines is 2. The van der Waals surface area contributed by atoms with Gasteiger partial charge in [-0.3, -0.25) is 4.98 Å². The summed E-state index contributed by atoms with van der Waals surface area (Å²) in [6, 6.07) is 8.69. The number of H-pyrrole nitrogens is 2. The van der Waals surface area contributed by atoms with Gasteiger partial charge in [-0.2, -0.15) is 19.6 Å². The number of aromatic hydroxyl groups is 1. The molecular weight excluding hydrogens is 446 g/mol. The Bertz CT molecular complexity index is 1540. The van der Waals surface area contributed by atoms with Gasteiger partial charge in [0, 0.05) is 30.5 Å². The van der Waals surface area contributed by atoms with Crippen LogP contribution < -0.4 is 26.7 Å². The normalized spacial score (nSPS) is 17.4. The Labute approximate surface area is 200 Å². The van der Waals surface area contributed by atoms with E-state index in [2.05, 4.69) is 54.5 Å². The van der Waals surface area contributed by atoms with Gasteiger partial charge in [0.25, 0.3) is 5.62 Å². The number of rotatable bonds is 6. The monoisotopic (exact) mass is 473 g/mol. The number of hydrogen-bond donors (Lipinski definition) is 4. The first-order valence-electron chi connectivity index (χ1n) is 12.0. The molecule has 0 atom stereocenters. The van der Waals surface area contributed by atoms with Gasteiger partial charge in [-0.1, -0.05) is 18.2 Å². The largest absolute Gasteiger partial charge is 0.493 e. The molecular formula is C24H27N9O2. The standard InChI is InChI=1S/C24H27N9O2/c34-21-18(28-24(35)30-21)12-16-14-26-33-20(16)29-22(31-23(33)27-17-8-9-17)25-13-15-6-2-3-7-19(15)32-10-4-1-5-11-32/h2-3,6-7,12,14,17,34H,1,4-5,8-11,13H2,(H,25,27,31)(H2,28,30,35)/b16-12+. The Morgan fingerprint density at radius 1 is 1.14 bits per heavy atom. The average molecular weight is 474 g/mol. The Kier molecular flexibility index (Phi) is 5.44. The zero-order valence-corrected chi connectivity index (χ0v) is 19.2. The van der Waals surface area contributed by atoms with E-state index in [0.717, 1.165) is 25.9 Å². The second-order valence-corrected chi connectivity index (χ2v) is 9.06. The van der Waals surface area contributed by atoms with Crippen LogP contribution in [0, 0.1) is 0 Å². The number of aromatic nitrogens is 6. The molecule has 6 rings (SSSR count). The maximum absolute atomic E-state index is 11.5. The lowest BCUT2D eigenvalue weighted by Crippen LogP contribution is -2.30. The molecule has 11 heteroatoms. The van der Waals surface area contributed by atoms with Crippen LogP contribution in [0.5, 0.6) is 5.88 Å². The van der Waals surface area contributed by atoms with E-state index in [1.807, 2.05) is 0 Å². The Balaban J connectivity index is 1.37. The predicted octanol–water partition coefficient (Wildman–Crippen LogP) is 1.06.